The molecular weight excluding hydrogens is 474 g/mol. The van der Waals surface area contributed by atoms with Gasteiger partial charge in [-0.3, -0.25) is 9.36 Å². The highest BCUT2D eigenvalue weighted by Crippen LogP contribution is 2.30. The van der Waals surface area contributed by atoms with Gasteiger partial charge in [-0.15, -0.1) is 11.3 Å². The van der Waals surface area contributed by atoms with E-state index in [1.54, 1.807) is 12.1 Å². The molecule has 1 saturated heterocycles. The first-order valence-corrected chi connectivity index (χ1v) is 13.1. The molecule has 4 aromatic rings. The lowest BCUT2D eigenvalue weighted by molar-refractivity contribution is 0.0730. The molecule has 3 heterocycles. The molecule has 0 N–H and O–H groups in total. The van der Waals surface area contributed by atoms with Gasteiger partial charge in [0.25, 0.3) is 5.56 Å². The van der Waals surface area contributed by atoms with Crippen molar-refractivity contribution in [1.82, 2.24) is 13.9 Å². The third-order valence-electron chi connectivity index (χ3n) is 5.59. The van der Waals surface area contributed by atoms with E-state index in [4.69, 9.17) is 9.47 Å². The topological polar surface area (TPSA) is 90.7 Å². The van der Waals surface area contributed by atoms with E-state index < -0.39 is 10.0 Å². The summed E-state index contributed by atoms with van der Waals surface area (Å²) < 4.78 is 40.0. The molecule has 5 rings (SSSR count). The van der Waals surface area contributed by atoms with Crippen LogP contribution in [0.1, 0.15) is 0 Å². The number of ether oxygens (including phenoxy) is 2. The van der Waals surface area contributed by atoms with Crippen LogP contribution in [0.2, 0.25) is 0 Å². The van der Waals surface area contributed by atoms with E-state index in [-0.39, 0.29) is 17.1 Å². The van der Waals surface area contributed by atoms with Crippen LogP contribution in [-0.2, 0) is 21.3 Å². The Bertz CT molecular complexity index is 1440. The Morgan fingerprint density at radius 3 is 2.50 bits per heavy atom. The molecule has 2 aromatic heterocycles. The van der Waals surface area contributed by atoms with Gasteiger partial charge in [-0.05, 0) is 35.9 Å². The van der Waals surface area contributed by atoms with Gasteiger partial charge in [-0.2, -0.15) is 4.31 Å². The van der Waals surface area contributed by atoms with E-state index in [0.29, 0.717) is 48.8 Å². The third kappa shape index (κ3) is 4.62. The smallest absolute Gasteiger partial charge is 0.271 e. The molecule has 1 aliphatic heterocycles. The van der Waals surface area contributed by atoms with Crippen LogP contribution in [0.15, 0.2) is 76.7 Å². The Kier molecular flexibility index (Phi) is 6.46. The molecule has 0 saturated carbocycles. The maximum absolute atomic E-state index is 12.9. The fourth-order valence-corrected chi connectivity index (χ4v) is 6.23. The number of benzene rings is 2. The quantitative estimate of drug-likeness (QED) is 0.389. The van der Waals surface area contributed by atoms with Crippen LogP contribution >= 0.6 is 11.3 Å². The predicted octanol–water partition coefficient (Wildman–Crippen LogP) is 3.22. The molecule has 0 amide bonds. The Morgan fingerprint density at radius 2 is 1.76 bits per heavy atom. The number of hydrogen-bond donors (Lipinski definition) is 0. The van der Waals surface area contributed by atoms with Crippen molar-refractivity contribution in [2.75, 3.05) is 32.9 Å². The number of nitrogens with zero attached hydrogens (tertiary/aromatic N) is 3. The molecule has 0 bridgehead atoms. The van der Waals surface area contributed by atoms with Gasteiger partial charge < -0.3 is 9.47 Å². The maximum Gasteiger partial charge on any atom is 0.271 e. The van der Waals surface area contributed by atoms with Crippen LogP contribution in [0.5, 0.6) is 5.75 Å². The lowest BCUT2D eigenvalue weighted by atomic mass is 10.2. The average Bonchev–Trinajstić information content (AvgIpc) is 3.32. The average molecular weight is 498 g/mol. The normalized spacial score (nSPS) is 14.9. The van der Waals surface area contributed by atoms with Crippen molar-refractivity contribution in [3.8, 4) is 16.2 Å². The molecule has 0 aliphatic carbocycles. The standard InChI is InChI=1S/C24H23N3O5S2/c28-24-23-21(16-22(33-23)18-4-2-1-3-5-18)25-17-26(24)10-15-32-19-6-8-20(9-7-19)34(29,30)27-11-13-31-14-12-27/h1-9,16-17H,10-15H2. The first-order chi connectivity index (χ1) is 16.5. The first-order valence-electron chi connectivity index (χ1n) is 10.9. The SMILES string of the molecule is O=c1c2sc(-c3ccccc3)cc2ncn1CCOc1ccc(S(=O)(=O)N2CCOCC2)cc1. The van der Waals surface area contributed by atoms with Crippen molar-refractivity contribution in [3.05, 3.63) is 77.3 Å². The van der Waals surface area contributed by atoms with Crippen molar-refractivity contribution >= 4 is 31.6 Å². The van der Waals surface area contributed by atoms with Crippen LogP contribution in [0, 0.1) is 0 Å². The lowest BCUT2D eigenvalue weighted by Crippen LogP contribution is -2.40. The third-order valence-corrected chi connectivity index (χ3v) is 8.67. The molecule has 0 unspecified atom stereocenters. The molecule has 34 heavy (non-hydrogen) atoms. The van der Waals surface area contributed by atoms with Gasteiger partial charge in [0.2, 0.25) is 10.0 Å². The summed E-state index contributed by atoms with van der Waals surface area (Å²) in [5.74, 6) is 0.533. The molecule has 1 aliphatic rings. The molecule has 10 heteroatoms. The number of aromatic nitrogens is 2. The zero-order valence-electron chi connectivity index (χ0n) is 18.3. The molecule has 8 nitrogen and oxygen atoms in total. The van der Waals surface area contributed by atoms with Crippen LogP contribution in [0.3, 0.4) is 0 Å². The second-order valence-electron chi connectivity index (χ2n) is 7.77. The molecule has 176 valence electrons. The van der Waals surface area contributed by atoms with E-state index in [1.807, 2.05) is 36.4 Å². The van der Waals surface area contributed by atoms with Crippen LogP contribution < -0.4 is 10.3 Å². The van der Waals surface area contributed by atoms with E-state index in [1.165, 1.54) is 38.7 Å². The Labute approximate surface area is 201 Å². The number of morpholine rings is 1. The van der Waals surface area contributed by atoms with Crippen molar-refractivity contribution in [2.45, 2.75) is 11.4 Å². The highest BCUT2D eigenvalue weighted by Gasteiger charge is 2.26. The molecule has 1 fully saturated rings. The zero-order chi connectivity index (χ0) is 23.5. The summed E-state index contributed by atoms with van der Waals surface area (Å²) in [6, 6.07) is 18.2. The fourth-order valence-electron chi connectivity index (χ4n) is 3.75. The van der Waals surface area contributed by atoms with Gasteiger partial charge in [0, 0.05) is 18.0 Å². The number of thiophene rings is 1. The zero-order valence-corrected chi connectivity index (χ0v) is 19.9. The second-order valence-corrected chi connectivity index (χ2v) is 10.8. The summed E-state index contributed by atoms with van der Waals surface area (Å²) in [5.41, 5.74) is 1.63. The van der Waals surface area contributed by atoms with E-state index >= 15 is 0 Å². The number of hydrogen-bond acceptors (Lipinski definition) is 7. The van der Waals surface area contributed by atoms with Gasteiger partial charge in [-0.25, -0.2) is 13.4 Å². The molecular formula is C24H23N3O5S2. The van der Waals surface area contributed by atoms with Gasteiger partial charge in [-0.1, -0.05) is 30.3 Å². The van der Waals surface area contributed by atoms with Crippen molar-refractivity contribution in [3.63, 3.8) is 0 Å². The highest BCUT2D eigenvalue weighted by molar-refractivity contribution is 7.89. The summed E-state index contributed by atoms with van der Waals surface area (Å²) in [4.78, 5) is 18.6. The van der Waals surface area contributed by atoms with Crippen LogP contribution in [-0.4, -0.2) is 55.2 Å². The minimum absolute atomic E-state index is 0.104. The summed E-state index contributed by atoms with van der Waals surface area (Å²) in [7, 11) is -3.54. The van der Waals surface area contributed by atoms with Gasteiger partial charge in [0.15, 0.2) is 0 Å². The van der Waals surface area contributed by atoms with E-state index in [0.717, 1.165) is 10.4 Å². The van der Waals surface area contributed by atoms with Gasteiger partial charge >= 0.3 is 0 Å². The number of rotatable bonds is 7. The molecule has 2 aromatic carbocycles. The molecule has 0 radical (unpaired) electrons. The highest BCUT2D eigenvalue weighted by atomic mass is 32.2. The minimum Gasteiger partial charge on any atom is -0.492 e. The lowest BCUT2D eigenvalue weighted by Gasteiger charge is -2.26. The molecule has 0 spiro atoms. The van der Waals surface area contributed by atoms with E-state index in [9.17, 15) is 13.2 Å². The Morgan fingerprint density at radius 1 is 1.03 bits per heavy atom. The van der Waals surface area contributed by atoms with E-state index in [2.05, 4.69) is 4.98 Å². The van der Waals surface area contributed by atoms with Gasteiger partial charge in [0.1, 0.15) is 17.1 Å². The van der Waals surface area contributed by atoms with Crippen molar-refractivity contribution in [2.24, 2.45) is 0 Å². The largest absolute Gasteiger partial charge is 0.492 e. The predicted molar refractivity (Wildman–Crippen MR) is 131 cm³/mol. The second kappa shape index (κ2) is 9.67. The Hall–Kier alpha value is -3.05. The minimum atomic E-state index is -3.54. The number of sulfonamides is 1. The monoisotopic (exact) mass is 497 g/mol. The van der Waals surface area contributed by atoms with Crippen LogP contribution in [0.25, 0.3) is 20.7 Å². The summed E-state index contributed by atoms with van der Waals surface area (Å²) in [6.07, 6.45) is 1.54. The summed E-state index contributed by atoms with van der Waals surface area (Å²) >= 11 is 1.43. The summed E-state index contributed by atoms with van der Waals surface area (Å²) in [5, 5.41) is 0. The van der Waals surface area contributed by atoms with Crippen molar-refractivity contribution < 1.29 is 17.9 Å². The maximum atomic E-state index is 12.9. The number of fused-ring (bicyclic) bond motifs is 1. The first kappa shape index (κ1) is 22.7. The van der Waals surface area contributed by atoms with Crippen LogP contribution in [0.4, 0.5) is 0 Å². The van der Waals surface area contributed by atoms with Gasteiger partial charge in [0.05, 0.1) is 36.5 Å². The molecule has 0 atom stereocenters. The van der Waals surface area contributed by atoms with Crippen molar-refractivity contribution in [1.29, 1.82) is 0 Å². The fraction of sp³-hybridized carbons (Fsp3) is 0.250. The Balaban J connectivity index is 1.24. The summed E-state index contributed by atoms with van der Waals surface area (Å²) in [6.45, 7) is 2.09.